The molecular weight excluding hydrogens is 278 g/mol. The number of phenolic OH excluding ortho intramolecular Hbond substituents is 1. The predicted octanol–water partition coefficient (Wildman–Crippen LogP) is 3.61. The van der Waals surface area contributed by atoms with E-state index >= 15 is 0 Å². The van der Waals surface area contributed by atoms with Crippen molar-refractivity contribution in [2.75, 3.05) is 7.11 Å². The van der Waals surface area contributed by atoms with E-state index < -0.39 is 23.5 Å². The predicted molar refractivity (Wildman–Crippen MR) is 73.9 cm³/mol. The van der Waals surface area contributed by atoms with Gasteiger partial charge in [0.2, 0.25) is 0 Å². The van der Waals surface area contributed by atoms with Crippen LogP contribution in [0.15, 0.2) is 36.4 Å². The molecule has 1 atom stereocenters. The highest BCUT2D eigenvalue weighted by Crippen LogP contribution is 2.30. The topological polar surface area (TPSA) is 46.5 Å². The molecule has 0 aromatic heterocycles. The van der Waals surface area contributed by atoms with Crippen LogP contribution >= 0.6 is 0 Å². The summed E-state index contributed by atoms with van der Waals surface area (Å²) in [6, 6.07) is 8.50. The molecule has 110 valence electrons. The number of phenols is 1. The molecule has 21 heavy (non-hydrogen) atoms. The van der Waals surface area contributed by atoms with Crippen LogP contribution in [0.4, 0.5) is 8.78 Å². The zero-order chi connectivity index (χ0) is 15.6. The minimum atomic E-state index is -1.07. The summed E-state index contributed by atoms with van der Waals surface area (Å²) >= 11 is 0. The third kappa shape index (κ3) is 2.86. The van der Waals surface area contributed by atoms with Gasteiger partial charge >= 0.3 is 5.97 Å². The molecule has 0 aliphatic rings. The van der Waals surface area contributed by atoms with E-state index in [1.54, 1.807) is 0 Å². The Morgan fingerprint density at radius 3 is 2.29 bits per heavy atom. The Kier molecular flexibility index (Phi) is 4.21. The van der Waals surface area contributed by atoms with Gasteiger partial charge in [-0.2, -0.15) is 0 Å². The van der Waals surface area contributed by atoms with Gasteiger partial charge in [-0.1, -0.05) is 24.3 Å². The molecule has 1 N–H and O–H groups in total. The summed E-state index contributed by atoms with van der Waals surface area (Å²) < 4.78 is 32.9. The van der Waals surface area contributed by atoms with Crippen molar-refractivity contribution in [2.24, 2.45) is 0 Å². The molecule has 0 aliphatic carbocycles. The summed E-state index contributed by atoms with van der Waals surface area (Å²) in [5.74, 6) is -3.59. The monoisotopic (exact) mass is 292 g/mol. The van der Waals surface area contributed by atoms with E-state index in [1.807, 2.05) is 0 Å². The number of rotatable bonds is 3. The van der Waals surface area contributed by atoms with Crippen LogP contribution in [0.3, 0.4) is 0 Å². The highest BCUT2D eigenvalue weighted by atomic mass is 19.2. The van der Waals surface area contributed by atoms with Gasteiger partial charge < -0.3 is 9.84 Å². The largest absolute Gasteiger partial charge is 0.508 e. The van der Waals surface area contributed by atoms with Crippen molar-refractivity contribution in [1.29, 1.82) is 0 Å². The third-order valence-electron chi connectivity index (χ3n) is 3.31. The Hall–Kier alpha value is -2.43. The van der Waals surface area contributed by atoms with Gasteiger partial charge in [-0.15, -0.1) is 0 Å². The average molecular weight is 292 g/mol. The maximum atomic E-state index is 14.2. The smallest absolute Gasteiger partial charge is 0.312 e. The molecule has 1 unspecified atom stereocenters. The lowest BCUT2D eigenvalue weighted by atomic mass is 9.96. The number of esters is 1. The first-order valence-electron chi connectivity index (χ1n) is 6.30. The Balaban J connectivity index is 2.47. The molecule has 0 saturated heterocycles. The molecule has 0 heterocycles. The average Bonchev–Trinajstić information content (AvgIpc) is 2.49. The summed E-state index contributed by atoms with van der Waals surface area (Å²) in [4.78, 5) is 11.4. The fourth-order valence-corrected chi connectivity index (χ4v) is 2.07. The van der Waals surface area contributed by atoms with Crippen molar-refractivity contribution in [1.82, 2.24) is 0 Å². The highest BCUT2D eigenvalue weighted by molar-refractivity contribution is 5.78. The van der Waals surface area contributed by atoms with Crippen LogP contribution < -0.4 is 0 Å². The number of halogens is 2. The van der Waals surface area contributed by atoms with Crippen molar-refractivity contribution in [3.63, 3.8) is 0 Å². The lowest BCUT2D eigenvalue weighted by Crippen LogP contribution is -2.13. The Morgan fingerprint density at radius 2 is 1.71 bits per heavy atom. The molecule has 0 amide bonds. The summed E-state index contributed by atoms with van der Waals surface area (Å²) in [6.45, 7) is 1.45. The zero-order valence-corrected chi connectivity index (χ0v) is 11.6. The second-order valence-electron chi connectivity index (χ2n) is 4.62. The van der Waals surface area contributed by atoms with Crippen LogP contribution in [0.25, 0.3) is 11.1 Å². The molecule has 2 aromatic carbocycles. The number of hydrogen-bond acceptors (Lipinski definition) is 3. The van der Waals surface area contributed by atoms with Gasteiger partial charge in [0.25, 0.3) is 0 Å². The first-order chi connectivity index (χ1) is 9.95. The SMILES string of the molecule is COC(=O)C(C)c1ccc(-c2ccc(O)cc2)c(F)c1F. The minimum absolute atomic E-state index is 0.0376. The fraction of sp³-hybridized carbons (Fsp3) is 0.188. The van der Waals surface area contributed by atoms with Gasteiger partial charge in [-0.05, 0) is 24.6 Å². The lowest BCUT2D eigenvalue weighted by molar-refractivity contribution is -0.142. The van der Waals surface area contributed by atoms with E-state index in [0.717, 1.165) is 0 Å². The number of aromatic hydroxyl groups is 1. The molecule has 0 radical (unpaired) electrons. The Bertz CT molecular complexity index is 666. The first kappa shape index (κ1) is 15.0. The summed E-state index contributed by atoms with van der Waals surface area (Å²) in [5.41, 5.74) is 0.441. The van der Waals surface area contributed by atoms with E-state index in [-0.39, 0.29) is 16.9 Å². The number of ether oxygens (including phenoxy) is 1. The number of methoxy groups -OCH3 is 1. The van der Waals surface area contributed by atoms with Crippen molar-refractivity contribution in [3.8, 4) is 16.9 Å². The highest BCUT2D eigenvalue weighted by Gasteiger charge is 2.23. The number of benzene rings is 2. The van der Waals surface area contributed by atoms with Crippen LogP contribution in [-0.2, 0) is 9.53 Å². The van der Waals surface area contributed by atoms with Gasteiger partial charge in [0, 0.05) is 11.1 Å². The van der Waals surface area contributed by atoms with Gasteiger partial charge in [-0.25, -0.2) is 8.78 Å². The van der Waals surface area contributed by atoms with Crippen LogP contribution in [0.1, 0.15) is 18.4 Å². The van der Waals surface area contributed by atoms with Crippen LogP contribution in [0.2, 0.25) is 0 Å². The lowest BCUT2D eigenvalue weighted by Gasteiger charge is -2.13. The van der Waals surface area contributed by atoms with Crippen LogP contribution in [0.5, 0.6) is 5.75 Å². The van der Waals surface area contributed by atoms with E-state index in [9.17, 15) is 18.7 Å². The molecule has 0 aliphatic heterocycles. The standard InChI is InChI=1S/C16H14F2O3/c1-9(16(20)21-2)12-7-8-13(15(18)14(12)17)10-3-5-11(19)6-4-10/h3-9,19H,1-2H3. The maximum absolute atomic E-state index is 14.2. The van der Waals surface area contributed by atoms with Crippen LogP contribution in [-0.4, -0.2) is 18.2 Å². The molecular formula is C16H14F2O3. The maximum Gasteiger partial charge on any atom is 0.312 e. The molecule has 0 saturated carbocycles. The van der Waals surface area contributed by atoms with Crippen LogP contribution in [0, 0.1) is 11.6 Å². The number of hydrogen-bond donors (Lipinski definition) is 1. The van der Waals surface area contributed by atoms with E-state index in [1.165, 1.54) is 50.4 Å². The minimum Gasteiger partial charge on any atom is -0.508 e. The van der Waals surface area contributed by atoms with Gasteiger partial charge in [-0.3, -0.25) is 4.79 Å². The second-order valence-corrected chi connectivity index (χ2v) is 4.62. The van der Waals surface area contributed by atoms with Crippen molar-refractivity contribution >= 4 is 5.97 Å². The van der Waals surface area contributed by atoms with Crippen molar-refractivity contribution in [3.05, 3.63) is 53.6 Å². The van der Waals surface area contributed by atoms with Crippen molar-refractivity contribution < 1.29 is 23.4 Å². The normalized spacial score (nSPS) is 12.0. The van der Waals surface area contributed by atoms with Gasteiger partial charge in [0.05, 0.1) is 13.0 Å². The van der Waals surface area contributed by atoms with E-state index in [2.05, 4.69) is 4.74 Å². The van der Waals surface area contributed by atoms with E-state index in [4.69, 9.17) is 0 Å². The summed E-state index contributed by atoms with van der Waals surface area (Å²) in [6.07, 6.45) is 0. The number of carbonyl (C=O) groups is 1. The number of carbonyl (C=O) groups excluding carboxylic acids is 1. The molecule has 0 bridgehead atoms. The fourth-order valence-electron chi connectivity index (χ4n) is 2.07. The van der Waals surface area contributed by atoms with E-state index in [0.29, 0.717) is 5.56 Å². The molecule has 0 spiro atoms. The third-order valence-corrected chi connectivity index (χ3v) is 3.31. The molecule has 2 rings (SSSR count). The molecule has 3 nitrogen and oxygen atoms in total. The van der Waals surface area contributed by atoms with Gasteiger partial charge in [0.15, 0.2) is 11.6 Å². The second kappa shape index (κ2) is 5.91. The summed E-state index contributed by atoms with van der Waals surface area (Å²) in [7, 11) is 1.19. The summed E-state index contributed by atoms with van der Waals surface area (Å²) in [5, 5.41) is 9.21. The molecule has 2 aromatic rings. The van der Waals surface area contributed by atoms with Crippen molar-refractivity contribution in [2.45, 2.75) is 12.8 Å². The Labute approximate surface area is 120 Å². The zero-order valence-electron chi connectivity index (χ0n) is 11.6. The molecule has 5 heteroatoms. The first-order valence-corrected chi connectivity index (χ1v) is 6.30. The van der Waals surface area contributed by atoms with Gasteiger partial charge in [0.1, 0.15) is 5.75 Å². The Morgan fingerprint density at radius 1 is 1.10 bits per heavy atom. The quantitative estimate of drug-likeness (QED) is 0.879. The molecule has 0 fully saturated rings.